The molecule has 1 aliphatic heterocycles. The summed E-state index contributed by atoms with van der Waals surface area (Å²) in [6.45, 7) is 0.990. The van der Waals surface area contributed by atoms with Crippen LogP contribution in [0.2, 0.25) is 0 Å². The summed E-state index contributed by atoms with van der Waals surface area (Å²) >= 11 is 0. The maximum atomic E-state index is 12.8. The standard InChI is InChI=1S/C22H25NO3/c1-25-17-20-13-8-14-23(21(20)15-18-9-4-2-5-10-18)22(24)26-16-19-11-6-3-7-12-19/h2-7,9-12,17,21H,8,13-16H2,1H3/b20-17-. The van der Waals surface area contributed by atoms with Gasteiger partial charge in [0.25, 0.3) is 0 Å². The van der Waals surface area contributed by atoms with Gasteiger partial charge in [-0.05, 0) is 36.0 Å². The molecule has 4 heteroatoms. The van der Waals surface area contributed by atoms with E-state index in [1.165, 1.54) is 5.56 Å². The highest BCUT2D eigenvalue weighted by Gasteiger charge is 2.31. The maximum absolute atomic E-state index is 12.8. The molecular formula is C22H25NO3. The van der Waals surface area contributed by atoms with Crippen LogP contribution in [0, 0.1) is 0 Å². The fraction of sp³-hybridized carbons (Fsp3) is 0.318. The zero-order valence-electron chi connectivity index (χ0n) is 15.1. The van der Waals surface area contributed by atoms with Gasteiger partial charge in [0.2, 0.25) is 0 Å². The highest BCUT2D eigenvalue weighted by Crippen LogP contribution is 2.27. The molecular weight excluding hydrogens is 326 g/mol. The van der Waals surface area contributed by atoms with Crippen molar-refractivity contribution in [2.75, 3.05) is 13.7 Å². The van der Waals surface area contributed by atoms with E-state index in [1.807, 2.05) is 53.4 Å². The van der Waals surface area contributed by atoms with Gasteiger partial charge in [-0.3, -0.25) is 0 Å². The van der Waals surface area contributed by atoms with Gasteiger partial charge >= 0.3 is 6.09 Å². The Hall–Kier alpha value is -2.75. The molecule has 1 amide bonds. The average Bonchev–Trinajstić information content (AvgIpc) is 2.69. The number of carbonyl (C=O) groups excluding carboxylic acids is 1. The van der Waals surface area contributed by atoms with Crippen LogP contribution in [-0.2, 0) is 22.5 Å². The molecule has 1 saturated heterocycles. The molecule has 1 aliphatic rings. The van der Waals surface area contributed by atoms with Crippen LogP contribution >= 0.6 is 0 Å². The Bertz CT molecular complexity index is 728. The third kappa shape index (κ3) is 4.66. The first-order valence-corrected chi connectivity index (χ1v) is 9.01. The quantitative estimate of drug-likeness (QED) is 0.741. The first kappa shape index (κ1) is 18.1. The van der Waals surface area contributed by atoms with E-state index in [0.29, 0.717) is 6.54 Å². The lowest BCUT2D eigenvalue weighted by atomic mass is 9.91. The fourth-order valence-corrected chi connectivity index (χ4v) is 3.36. The van der Waals surface area contributed by atoms with Crippen molar-refractivity contribution in [3.63, 3.8) is 0 Å². The van der Waals surface area contributed by atoms with E-state index < -0.39 is 0 Å². The average molecular weight is 351 g/mol. The maximum Gasteiger partial charge on any atom is 0.410 e. The summed E-state index contributed by atoms with van der Waals surface area (Å²) in [7, 11) is 1.65. The minimum Gasteiger partial charge on any atom is -0.504 e. The van der Waals surface area contributed by atoms with Gasteiger partial charge in [-0.25, -0.2) is 4.79 Å². The lowest BCUT2D eigenvalue weighted by Crippen LogP contribution is -2.46. The third-order valence-corrected chi connectivity index (χ3v) is 4.65. The number of rotatable bonds is 5. The Morgan fingerprint density at radius 1 is 1.08 bits per heavy atom. The smallest absolute Gasteiger partial charge is 0.410 e. The number of ether oxygens (including phenoxy) is 2. The Balaban J connectivity index is 1.73. The molecule has 2 aromatic rings. The zero-order chi connectivity index (χ0) is 18.2. The second-order valence-electron chi connectivity index (χ2n) is 6.47. The molecule has 0 saturated carbocycles. The normalized spacial score (nSPS) is 18.6. The van der Waals surface area contributed by atoms with Crippen LogP contribution in [0.3, 0.4) is 0 Å². The predicted molar refractivity (Wildman–Crippen MR) is 102 cm³/mol. The number of carbonyl (C=O) groups is 1. The monoisotopic (exact) mass is 351 g/mol. The van der Waals surface area contributed by atoms with Gasteiger partial charge in [0, 0.05) is 6.54 Å². The van der Waals surface area contributed by atoms with E-state index in [9.17, 15) is 4.79 Å². The van der Waals surface area contributed by atoms with Gasteiger partial charge in [-0.15, -0.1) is 0 Å². The predicted octanol–water partition coefficient (Wildman–Crippen LogP) is 4.56. The summed E-state index contributed by atoms with van der Waals surface area (Å²) < 4.78 is 10.8. The van der Waals surface area contributed by atoms with Crippen molar-refractivity contribution in [1.82, 2.24) is 4.90 Å². The van der Waals surface area contributed by atoms with E-state index in [0.717, 1.165) is 30.4 Å². The van der Waals surface area contributed by atoms with Crippen molar-refractivity contribution in [3.05, 3.63) is 83.6 Å². The fourth-order valence-electron chi connectivity index (χ4n) is 3.36. The molecule has 4 nitrogen and oxygen atoms in total. The van der Waals surface area contributed by atoms with Crippen molar-refractivity contribution >= 4 is 6.09 Å². The zero-order valence-corrected chi connectivity index (χ0v) is 15.1. The highest BCUT2D eigenvalue weighted by atomic mass is 16.6. The summed E-state index contributed by atoms with van der Waals surface area (Å²) in [6.07, 6.45) is 4.13. The van der Waals surface area contributed by atoms with Gasteiger partial charge in [0.15, 0.2) is 0 Å². The number of benzene rings is 2. The molecule has 1 heterocycles. The van der Waals surface area contributed by atoms with Gasteiger partial charge in [0.05, 0.1) is 19.4 Å². The van der Waals surface area contributed by atoms with E-state index in [4.69, 9.17) is 9.47 Å². The van der Waals surface area contributed by atoms with Crippen molar-refractivity contribution < 1.29 is 14.3 Å². The summed E-state index contributed by atoms with van der Waals surface area (Å²) in [5.41, 5.74) is 3.33. The van der Waals surface area contributed by atoms with E-state index >= 15 is 0 Å². The van der Waals surface area contributed by atoms with Crippen molar-refractivity contribution in [3.8, 4) is 0 Å². The minimum absolute atomic E-state index is 0.0330. The van der Waals surface area contributed by atoms with Gasteiger partial charge in [-0.2, -0.15) is 0 Å². The number of piperidine rings is 1. The van der Waals surface area contributed by atoms with E-state index in [2.05, 4.69) is 12.1 Å². The molecule has 0 bridgehead atoms. The summed E-state index contributed by atoms with van der Waals surface area (Å²) in [6, 6.07) is 20.0. The molecule has 136 valence electrons. The van der Waals surface area contributed by atoms with E-state index in [-0.39, 0.29) is 18.7 Å². The first-order valence-electron chi connectivity index (χ1n) is 9.01. The number of nitrogens with zero attached hydrogens (tertiary/aromatic N) is 1. The molecule has 0 N–H and O–H groups in total. The molecule has 3 rings (SSSR count). The minimum atomic E-state index is -0.267. The molecule has 0 radical (unpaired) electrons. The SMILES string of the molecule is CO/C=C1/CCCN(C(=O)OCc2ccccc2)C1Cc1ccccc1. The van der Waals surface area contributed by atoms with Crippen LogP contribution in [0.5, 0.6) is 0 Å². The molecule has 0 aromatic heterocycles. The van der Waals surface area contributed by atoms with E-state index in [1.54, 1.807) is 13.4 Å². The second-order valence-corrected chi connectivity index (χ2v) is 6.47. The van der Waals surface area contributed by atoms with Crippen molar-refractivity contribution in [2.24, 2.45) is 0 Å². The third-order valence-electron chi connectivity index (χ3n) is 4.65. The van der Waals surface area contributed by atoms with Crippen LogP contribution in [0.1, 0.15) is 24.0 Å². The van der Waals surface area contributed by atoms with Crippen LogP contribution in [-0.4, -0.2) is 30.7 Å². The molecule has 1 atom stereocenters. The first-order chi connectivity index (χ1) is 12.8. The number of hydrogen-bond donors (Lipinski definition) is 0. The number of methoxy groups -OCH3 is 1. The van der Waals surface area contributed by atoms with Crippen LogP contribution in [0.15, 0.2) is 72.5 Å². The van der Waals surface area contributed by atoms with Crippen LogP contribution in [0.4, 0.5) is 4.79 Å². The number of amides is 1. The molecule has 1 unspecified atom stereocenters. The lowest BCUT2D eigenvalue weighted by Gasteiger charge is -2.36. The van der Waals surface area contributed by atoms with Crippen molar-refractivity contribution in [1.29, 1.82) is 0 Å². The molecule has 2 aromatic carbocycles. The Labute approximate surface area is 155 Å². The largest absolute Gasteiger partial charge is 0.504 e. The van der Waals surface area contributed by atoms with Crippen LogP contribution < -0.4 is 0 Å². The van der Waals surface area contributed by atoms with Crippen molar-refractivity contribution in [2.45, 2.75) is 31.9 Å². The Morgan fingerprint density at radius 3 is 2.38 bits per heavy atom. The Kier molecular flexibility index (Phi) is 6.31. The summed E-state index contributed by atoms with van der Waals surface area (Å²) in [5.74, 6) is 0. The molecule has 0 spiro atoms. The second kappa shape index (κ2) is 9.09. The number of hydrogen-bond acceptors (Lipinski definition) is 3. The summed E-state index contributed by atoms with van der Waals surface area (Å²) in [5, 5.41) is 0. The molecule has 26 heavy (non-hydrogen) atoms. The lowest BCUT2D eigenvalue weighted by molar-refractivity contribution is 0.0785. The molecule has 0 aliphatic carbocycles. The molecule has 1 fully saturated rings. The highest BCUT2D eigenvalue weighted by molar-refractivity contribution is 5.69. The van der Waals surface area contributed by atoms with Gasteiger partial charge in [0.1, 0.15) is 6.61 Å². The Morgan fingerprint density at radius 2 is 1.73 bits per heavy atom. The van der Waals surface area contributed by atoms with Gasteiger partial charge in [-0.1, -0.05) is 60.7 Å². The number of likely N-dealkylation sites (tertiary alicyclic amines) is 1. The topological polar surface area (TPSA) is 38.8 Å². The van der Waals surface area contributed by atoms with Crippen LogP contribution in [0.25, 0.3) is 0 Å². The summed E-state index contributed by atoms with van der Waals surface area (Å²) in [4.78, 5) is 14.6. The van der Waals surface area contributed by atoms with Gasteiger partial charge < -0.3 is 14.4 Å².